The lowest BCUT2D eigenvalue weighted by Gasteiger charge is -2.16. The van der Waals surface area contributed by atoms with E-state index in [-0.39, 0.29) is 13.2 Å². The van der Waals surface area contributed by atoms with Crippen LogP contribution in [-0.4, -0.2) is 56.4 Å². The van der Waals surface area contributed by atoms with Crippen LogP contribution in [0.15, 0.2) is 30.3 Å². The van der Waals surface area contributed by atoms with Gasteiger partial charge in [0.25, 0.3) is 0 Å². The van der Waals surface area contributed by atoms with E-state index in [9.17, 15) is 5.11 Å². The van der Waals surface area contributed by atoms with E-state index in [1.807, 2.05) is 49.0 Å². The highest BCUT2D eigenvalue weighted by Gasteiger charge is 2.24. The number of aliphatic hydroxyl groups is 1. The van der Waals surface area contributed by atoms with Gasteiger partial charge in [-0.2, -0.15) is 5.10 Å². The van der Waals surface area contributed by atoms with Gasteiger partial charge in [-0.15, -0.1) is 0 Å². The quantitative estimate of drug-likeness (QED) is 0.279. The number of nitrogens with zero attached hydrogens (tertiary/aromatic N) is 4. The summed E-state index contributed by atoms with van der Waals surface area (Å²) in [5.74, 6) is 2.31. The van der Waals surface area contributed by atoms with Gasteiger partial charge in [0.2, 0.25) is 0 Å². The first-order valence-corrected chi connectivity index (χ1v) is 11.0. The molecule has 1 saturated carbocycles. The summed E-state index contributed by atoms with van der Waals surface area (Å²) in [6.45, 7) is 2.71. The van der Waals surface area contributed by atoms with E-state index in [0.29, 0.717) is 41.4 Å². The molecule has 10 heteroatoms. The van der Waals surface area contributed by atoms with Crippen LogP contribution in [0, 0.1) is 12.3 Å². The Bertz CT molecular complexity index is 1130. The van der Waals surface area contributed by atoms with Gasteiger partial charge in [0, 0.05) is 31.4 Å². The molecule has 3 aromatic rings. The first kappa shape index (κ1) is 22.7. The van der Waals surface area contributed by atoms with Crippen LogP contribution in [0.5, 0.6) is 5.75 Å². The van der Waals surface area contributed by atoms with Crippen molar-refractivity contribution in [3.05, 3.63) is 47.3 Å². The zero-order valence-corrected chi connectivity index (χ0v) is 18.9. The maximum absolute atomic E-state index is 9.68. The third kappa shape index (κ3) is 5.65. The predicted octanol–water partition coefficient (Wildman–Crippen LogP) is 2.07. The van der Waals surface area contributed by atoms with Crippen molar-refractivity contribution in [2.45, 2.75) is 38.5 Å². The molecule has 1 atom stereocenters. The molecule has 1 aromatic carbocycles. The lowest BCUT2D eigenvalue weighted by molar-refractivity contribution is 0.114. The number of nitrogens with one attached hydrogen (secondary N) is 3. The zero-order valence-electron chi connectivity index (χ0n) is 18.9. The molecule has 1 aliphatic carbocycles. The predicted molar refractivity (Wildman–Crippen MR) is 128 cm³/mol. The highest BCUT2D eigenvalue weighted by molar-refractivity contribution is 5.91. The maximum atomic E-state index is 9.68. The van der Waals surface area contributed by atoms with Crippen molar-refractivity contribution in [3.63, 3.8) is 0 Å². The van der Waals surface area contributed by atoms with Crippen molar-refractivity contribution in [1.82, 2.24) is 19.7 Å². The largest absolute Gasteiger partial charge is 0.491 e. The van der Waals surface area contributed by atoms with Gasteiger partial charge in [0.15, 0.2) is 5.82 Å². The van der Waals surface area contributed by atoms with Gasteiger partial charge in [-0.25, -0.2) is 9.97 Å². The van der Waals surface area contributed by atoms with Gasteiger partial charge >= 0.3 is 0 Å². The molecular weight excluding hydrogens is 420 g/mol. The van der Waals surface area contributed by atoms with Crippen molar-refractivity contribution < 1.29 is 9.84 Å². The van der Waals surface area contributed by atoms with Crippen molar-refractivity contribution in [3.8, 4) is 17.1 Å². The van der Waals surface area contributed by atoms with Crippen LogP contribution in [0.1, 0.15) is 29.8 Å². The van der Waals surface area contributed by atoms with Gasteiger partial charge in [-0.05, 0) is 38.0 Å². The lowest BCUT2D eigenvalue weighted by Crippen LogP contribution is -2.26. The molecule has 1 unspecified atom stereocenters. The molecule has 4 rings (SSSR count). The summed E-state index contributed by atoms with van der Waals surface area (Å²) in [4.78, 5) is 9.47. The zero-order chi connectivity index (χ0) is 23.4. The van der Waals surface area contributed by atoms with Gasteiger partial charge in [-0.3, -0.25) is 4.68 Å². The number of aliphatic hydroxyl groups excluding tert-OH is 1. The Labute approximate surface area is 192 Å². The fourth-order valence-electron chi connectivity index (χ4n) is 3.39. The summed E-state index contributed by atoms with van der Waals surface area (Å²) < 4.78 is 7.49. The summed E-state index contributed by atoms with van der Waals surface area (Å²) in [6, 6.07) is 9.78. The molecule has 0 saturated heterocycles. The molecule has 2 heterocycles. The normalized spacial score (nSPS) is 14.1. The van der Waals surface area contributed by atoms with E-state index in [1.54, 1.807) is 0 Å². The first-order valence-electron chi connectivity index (χ1n) is 11.0. The summed E-state index contributed by atoms with van der Waals surface area (Å²) in [6.07, 6.45) is 2.72. The molecule has 33 heavy (non-hydrogen) atoms. The standard InChI is InChI=1S/C23H30N8O2/c1-14-8-17(31(2)30-14)12-26-22-20(11-25)23(27-16-6-7-16)29-21(28-22)15-4-3-5-19(9-15)33-13-18(32)10-24/h3-5,8-9,11,16,18,25,32H,6-7,10,12-13,24H2,1-2H3,(H2,26,27,28,29). The Morgan fingerprint density at radius 3 is 2.76 bits per heavy atom. The second kappa shape index (κ2) is 9.97. The first-order chi connectivity index (χ1) is 16.0. The van der Waals surface area contributed by atoms with Crippen LogP contribution in [-0.2, 0) is 13.6 Å². The number of nitrogens with two attached hydrogens (primary N) is 1. The number of ether oxygens (including phenoxy) is 1. The van der Waals surface area contributed by atoms with Crippen LogP contribution in [0.25, 0.3) is 11.4 Å². The van der Waals surface area contributed by atoms with Gasteiger partial charge in [0.05, 0.1) is 23.5 Å². The molecule has 6 N–H and O–H groups in total. The maximum Gasteiger partial charge on any atom is 0.164 e. The highest BCUT2D eigenvalue weighted by atomic mass is 16.5. The average molecular weight is 451 g/mol. The second-order valence-corrected chi connectivity index (χ2v) is 8.20. The number of benzene rings is 1. The number of aryl methyl sites for hydroxylation is 2. The summed E-state index contributed by atoms with van der Waals surface area (Å²) >= 11 is 0. The highest BCUT2D eigenvalue weighted by Crippen LogP contribution is 2.31. The van der Waals surface area contributed by atoms with Crippen molar-refractivity contribution >= 4 is 17.9 Å². The van der Waals surface area contributed by atoms with Crippen LogP contribution in [0.4, 0.5) is 11.6 Å². The molecule has 1 aliphatic rings. The number of hydrogen-bond acceptors (Lipinski definition) is 9. The number of aromatic nitrogens is 4. The number of hydrogen-bond donors (Lipinski definition) is 5. The molecule has 0 radical (unpaired) electrons. The Morgan fingerprint density at radius 1 is 1.30 bits per heavy atom. The van der Waals surface area contributed by atoms with Crippen LogP contribution in [0.3, 0.4) is 0 Å². The van der Waals surface area contributed by atoms with E-state index in [0.717, 1.165) is 29.8 Å². The Balaban J connectivity index is 1.65. The Hall–Kier alpha value is -3.50. The van der Waals surface area contributed by atoms with E-state index in [1.165, 1.54) is 6.21 Å². The SMILES string of the molecule is Cc1cc(CNc2nc(-c3cccc(OCC(O)CN)c3)nc(NC3CC3)c2C=N)n(C)n1. The monoisotopic (exact) mass is 450 g/mol. The topological polar surface area (TPSA) is 147 Å². The van der Waals surface area contributed by atoms with E-state index in [2.05, 4.69) is 15.7 Å². The average Bonchev–Trinajstić information content (AvgIpc) is 3.57. The molecule has 0 bridgehead atoms. The van der Waals surface area contributed by atoms with Crippen LogP contribution < -0.4 is 21.1 Å². The molecule has 10 nitrogen and oxygen atoms in total. The van der Waals surface area contributed by atoms with E-state index >= 15 is 0 Å². The molecular formula is C23H30N8O2. The smallest absolute Gasteiger partial charge is 0.164 e. The minimum Gasteiger partial charge on any atom is -0.491 e. The van der Waals surface area contributed by atoms with Gasteiger partial charge in [0.1, 0.15) is 30.1 Å². The fraction of sp³-hybridized carbons (Fsp3) is 0.391. The number of rotatable bonds is 11. The summed E-state index contributed by atoms with van der Waals surface area (Å²) in [7, 11) is 1.90. The van der Waals surface area contributed by atoms with Crippen molar-refractivity contribution in [2.24, 2.45) is 12.8 Å². The minimum atomic E-state index is -0.724. The third-order valence-electron chi connectivity index (χ3n) is 5.35. The Morgan fingerprint density at radius 2 is 2.09 bits per heavy atom. The van der Waals surface area contributed by atoms with E-state index in [4.69, 9.17) is 25.8 Å². The van der Waals surface area contributed by atoms with Crippen LogP contribution >= 0.6 is 0 Å². The molecule has 1 fully saturated rings. The lowest BCUT2D eigenvalue weighted by atomic mass is 10.2. The third-order valence-corrected chi connectivity index (χ3v) is 5.35. The van der Waals surface area contributed by atoms with Crippen molar-refractivity contribution in [2.75, 3.05) is 23.8 Å². The fourth-order valence-corrected chi connectivity index (χ4v) is 3.39. The molecule has 2 aromatic heterocycles. The number of anilines is 2. The van der Waals surface area contributed by atoms with Crippen LogP contribution in [0.2, 0.25) is 0 Å². The molecule has 174 valence electrons. The molecule has 0 amide bonds. The minimum absolute atomic E-state index is 0.110. The molecule has 0 aliphatic heterocycles. The second-order valence-electron chi connectivity index (χ2n) is 8.20. The Kier molecular flexibility index (Phi) is 6.85. The molecule has 0 spiro atoms. The summed E-state index contributed by atoms with van der Waals surface area (Å²) in [5.41, 5.74) is 8.79. The van der Waals surface area contributed by atoms with Crippen molar-refractivity contribution in [1.29, 1.82) is 5.41 Å². The van der Waals surface area contributed by atoms with E-state index < -0.39 is 6.10 Å². The van der Waals surface area contributed by atoms with Gasteiger partial charge in [-0.1, -0.05) is 12.1 Å². The van der Waals surface area contributed by atoms with Gasteiger partial charge < -0.3 is 31.6 Å². The summed E-state index contributed by atoms with van der Waals surface area (Å²) in [5, 5.41) is 28.8.